The van der Waals surface area contributed by atoms with Crippen LogP contribution >= 0.6 is 27.3 Å². The van der Waals surface area contributed by atoms with Crippen LogP contribution in [-0.2, 0) is 6.54 Å². The molecule has 0 saturated heterocycles. The highest BCUT2D eigenvalue weighted by atomic mass is 79.9. The Hall–Kier alpha value is -0.910. The first-order chi connectivity index (χ1) is 9.16. The molecular weight excluding hydrogens is 329 g/mol. The largest absolute Gasteiger partial charge is 0.489 e. The van der Waals surface area contributed by atoms with E-state index in [0.29, 0.717) is 17.6 Å². The molecule has 19 heavy (non-hydrogen) atoms. The molecule has 0 unspecified atom stereocenters. The summed E-state index contributed by atoms with van der Waals surface area (Å²) in [4.78, 5) is 1.33. The molecule has 1 N–H and O–H groups in total. The topological polar surface area (TPSA) is 21.3 Å². The van der Waals surface area contributed by atoms with Crippen LogP contribution in [0.2, 0.25) is 0 Å². The lowest BCUT2D eigenvalue weighted by Crippen LogP contribution is -2.20. The van der Waals surface area contributed by atoms with Gasteiger partial charge >= 0.3 is 0 Å². The Morgan fingerprint density at radius 1 is 1.37 bits per heavy atom. The second-order valence-corrected chi connectivity index (χ2v) is 6.04. The van der Waals surface area contributed by atoms with E-state index >= 15 is 0 Å². The molecule has 0 aliphatic heterocycles. The van der Waals surface area contributed by atoms with E-state index in [1.807, 2.05) is 0 Å². The van der Waals surface area contributed by atoms with E-state index < -0.39 is 0 Å². The summed E-state index contributed by atoms with van der Waals surface area (Å²) >= 11 is 4.95. The number of hydrogen-bond acceptors (Lipinski definition) is 3. The van der Waals surface area contributed by atoms with Gasteiger partial charge < -0.3 is 10.1 Å². The van der Waals surface area contributed by atoms with E-state index in [1.165, 1.54) is 16.5 Å². The molecule has 0 aliphatic carbocycles. The van der Waals surface area contributed by atoms with E-state index in [1.54, 1.807) is 23.5 Å². The van der Waals surface area contributed by atoms with Gasteiger partial charge in [-0.1, -0.05) is 15.9 Å². The van der Waals surface area contributed by atoms with E-state index in [4.69, 9.17) is 4.74 Å². The Morgan fingerprint density at radius 2 is 2.21 bits per heavy atom. The molecule has 0 radical (unpaired) electrons. The summed E-state index contributed by atoms with van der Waals surface area (Å²) in [6, 6.07) is 6.90. The van der Waals surface area contributed by atoms with Gasteiger partial charge in [-0.3, -0.25) is 0 Å². The number of rotatable bonds is 6. The molecule has 0 spiro atoms. The standard InChI is InChI=1S/C14H15BrFNOS/c1-10-4-7-19-14(10)9-17-5-6-18-13-3-2-11(15)8-12(13)16/h2-4,7-8,17H,5-6,9H2,1H3. The molecule has 0 bridgehead atoms. The summed E-state index contributed by atoms with van der Waals surface area (Å²) in [7, 11) is 0. The Balaban J connectivity index is 1.71. The quantitative estimate of drug-likeness (QED) is 0.796. The predicted octanol–water partition coefficient (Wildman–Crippen LogP) is 4.13. The minimum absolute atomic E-state index is 0.289. The van der Waals surface area contributed by atoms with E-state index in [2.05, 4.69) is 39.6 Å². The van der Waals surface area contributed by atoms with E-state index in [0.717, 1.165) is 6.54 Å². The Morgan fingerprint density at radius 3 is 2.89 bits per heavy atom. The molecule has 0 aliphatic rings. The highest BCUT2D eigenvalue weighted by Gasteiger charge is 2.03. The molecule has 0 amide bonds. The number of halogens is 2. The third kappa shape index (κ3) is 4.30. The van der Waals surface area contributed by atoms with Crippen molar-refractivity contribution in [2.45, 2.75) is 13.5 Å². The molecule has 1 aromatic heterocycles. The average Bonchev–Trinajstić information content (AvgIpc) is 2.77. The van der Waals surface area contributed by atoms with E-state index in [9.17, 15) is 4.39 Å². The fourth-order valence-electron chi connectivity index (χ4n) is 1.61. The lowest BCUT2D eigenvalue weighted by molar-refractivity contribution is 0.298. The highest BCUT2D eigenvalue weighted by molar-refractivity contribution is 9.10. The molecule has 5 heteroatoms. The third-order valence-electron chi connectivity index (χ3n) is 2.68. The second-order valence-electron chi connectivity index (χ2n) is 4.13. The van der Waals surface area contributed by atoms with Crippen LogP contribution in [0.25, 0.3) is 0 Å². The van der Waals surface area contributed by atoms with Gasteiger partial charge in [-0.2, -0.15) is 0 Å². The van der Waals surface area contributed by atoms with Gasteiger partial charge in [0.15, 0.2) is 11.6 Å². The van der Waals surface area contributed by atoms with Crippen LogP contribution in [0.5, 0.6) is 5.75 Å². The first kappa shape index (κ1) is 14.5. The normalized spacial score (nSPS) is 10.7. The summed E-state index contributed by atoms with van der Waals surface area (Å²) in [6.45, 7) is 4.06. The van der Waals surface area contributed by atoms with Gasteiger partial charge in [0.1, 0.15) is 6.61 Å². The van der Waals surface area contributed by atoms with Gasteiger partial charge in [0, 0.05) is 22.4 Å². The summed E-state index contributed by atoms with van der Waals surface area (Å²) < 4.78 is 19.6. The van der Waals surface area contributed by atoms with Crippen molar-refractivity contribution in [3.63, 3.8) is 0 Å². The lowest BCUT2D eigenvalue weighted by atomic mass is 10.3. The number of benzene rings is 1. The molecule has 2 nitrogen and oxygen atoms in total. The SMILES string of the molecule is Cc1ccsc1CNCCOc1ccc(Br)cc1F. The zero-order valence-electron chi connectivity index (χ0n) is 10.6. The Labute approximate surface area is 124 Å². The van der Waals surface area contributed by atoms with E-state index in [-0.39, 0.29) is 11.6 Å². The summed E-state index contributed by atoms with van der Waals surface area (Å²) in [5.74, 6) is -0.0548. The first-order valence-electron chi connectivity index (χ1n) is 5.98. The van der Waals surface area contributed by atoms with Crippen molar-refractivity contribution in [1.29, 1.82) is 0 Å². The third-order valence-corrected chi connectivity index (χ3v) is 4.20. The summed E-state index contributed by atoms with van der Waals surface area (Å²) in [6.07, 6.45) is 0. The fraction of sp³-hybridized carbons (Fsp3) is 0.286. The minimum Gasteiger partial charge on any atom is -0.489 e. The van der Waals surface area contributed by atoms with Crippen LogP contribution < -0.4 is 10.1 Å². The van der Waals surface area contributed by atoms with Crippen LogP contribution in [-0.4, -0.2) is 13.2 Å². The summed E-state index contributed by atoms with van der Waals surface area (Å²) in [5.41, 5.74) is 1.30. The molecule has 0 atom stereocenters. The van der Waals surface area contributed by atoms with Gasteiger partial charge in [0.2, 0.25) is 0 Å². The predicted molar refractivity (Wildman–Crippen MR) is 80.4 cm³/mol. The Kier molecular flexibility index (Phi) is 5.36. The van der Waals surface area contributed by atoms with Crippen LogP contribution in [0.3, 0.4) is 0 Å². The zero-order chi connectivity index (χ0) is 13.7. The van der Waals surface area contributed by atoms with Crippen LogP contribution in [0.15, 0.2) is 34.1 Å². The molecule has 1 aromatic carbocycles. The van der Waals surface area contributed by atoms with Crippen molar-refractivity contribution >= 4 is 27.3 Å². The van der Waals surface area contributed by atoms with Crippen molar-refractivity contribution in [2.75, 3.05) is 13.2 Å². The maximum Gasteiger partial charge on any atom is 0.166 e. The molecule has 2 rings (SSSR count). The lowest BCUT2D eigenvalue weighted by Gasteiger charge is -2.08. The minimum atomic E-state index is -0.344. The van der Waals surface area contributed by atoms with Gasteiger partial charge in [0.25, 0.3) is 0 Å². The van der Waals surface area contributed by atoms with Crippen molar-refractivity contribution in [2.24, 2.45) is 0 Å². The van der Waals surface area contributed by atoms with Crippen LogP contribution in [0.4, 0.5) is 4.39 Å². The number of thiophene rings is 1. The average molecular weight is 344 g/mol. The van der Waals surface area contributed by atoms with Crippen molar-refractivity contribution in [3.05, 3.63) is 50.4 Å². The van der Waals surface area contributed by atoms with Crippen molar-refractivity contribution < 1.29 is 9.13 Å². The van der Waals surface area contributed by atoms with Gasteiger partial charge in [0.05, 0.1) is 0 Å². The molecule has 102 valence electrons. The number of hydrogen-bond donors (Lipinski definition) is 1. The summed E-state index contributed by atoms with van der Waals surface area (Å²) in [5, 5.41) is 5.37. The number of nitrogens with one attached hydrogen (secondary N) is 1. The number of ether oxygens (including phenoxy) is 1. The molecule has 1 heterocycles. The van der Waals surface area contributed by atoms with Crippen LogP contribution in [0, 0.1) is 12.7 Å². The Bertz CT molecular complexity index is 544. The van der Waals surface area contributed by atoms with Gasteiger partial charge in [-0.05, 0) is 42.1 Å². The fourth-order valence-corrected chi connectivity index (χ4v) is 2.82. The molecule has 0 fully saturated rings. The van der Waals surface area contributed by atoms with Crippen LogP contribution in [0.1, 0.15) is 10.4 Å². The molecule has 0 saturated carbocycles. The van der Waals surface area contributed by atoms with Gasteiger partial charge in [-0.15, -0.1) is 11.3 Å². The maximum absolute atomic E-state index is 13.5. The first-order valence-corrected chi connectivity index (χ1v) is 7.65. The smallest absolute Gasteiger partial charge is 0.166 e. The second kappa shape index (κ2) is 7.03. The van der Waals surface area contributed by atoms with Crippen molar-refractivity contribution in [3.8, 4) is 5.75 Å². The maximum atomic E-state index is 13.5. The van der Waals surface area contributed by atoms with Crippen molar-refractivity contribution in [1.82, 2.24) is 5.32 Å². The monoisotopic (exact) mass is 343 g/mol. The highest BCUT2D eigenvalue weighted by Crippen LogP contribution is 2.21. The zero-order valence-corrected chi connectivity index (χ0v) is 13.0. The molecule has 2 aromatic rings. The number of aryl methyl sites for hydroxylation is 1. The van der Waals surface area contributed by atoms with Gasteiger partial charge in [-0.25, -0.2) is 4.39 Å². The molecular formula is C14H15BrFNOS.